The van der Waals surface area contributed by atoms with Crippen LogP contribution in [0.2, 0.25) is 0 Å². The van der Waals surface area contributed by atoms with E-state index in [1.54, 1.807) is 12.3 Å². The first-order chi connectivity index (χ1) is 8.49. The van der Waals surface area contributed by atoms with Gasteiger partial charge >= 0.3 is 0 Å². The molecule has 0 fully saturated rings. The predicted molar refractivity (Wildman–Crippen MR) is 77.1 cm³/mol. The number of pyridine rings is 1. The van der Waals surface area contributed by atoms with Gasteiger partial charge in [0.1, 0.15) is 5.75 Å². The van der Waals surface area contributed by atoms with Crippen molar-refractivity contribution in [1.29, 1.82) is 0 Å². The van der Waals surface area contributed by atoms with Crippen molar-refractivity contribution < 1.29 is 4.74 Å². The number of anilines is 1. The lowest BCUT2D eigenvalue weighted by Gasteiger charge is -2.13. The fourth-order valence-corrected chi connectivity index (χ4v) is 2.14. The lowest BCUT2D eigenvalue weighted by Crippen LogP contribution is -1.97. The molecule has 0 aliphatic heterocycles. The van der Waals surface area contributed by atoms with Gasteiger partial charge in [0.25, 0.3) is 0 Å². The molecule has 0 atom stereocenters. The highest BCUT2D eigenvalue weighted by atomic mass is 79.9. The maximum Gasteiger partial charge on any atom is 0.233 e. The number of hydrogen-bond acceptors (Lipinski definition) is 3. The Balaban J connectivity index is 2.43. The molecule has 2 N–H and O–H groups in total. The van der Waals surface area contributed by atoms with Gasteiger partial charge in [-0.2, -0.15) is 0 Å². The summed E-state index contributed by atoms with van der Waals surface area (Å²) in [6.45, 7) is 6.13. The van der Waals surface area contributed by atoms with Crippen LogP contribution >= 0.6 is 15.9 Å². The number of hydrogen-bond donors (Lipinski definition) is 1. The average Bonchev–Trinajstić information content (AvgIpc) is 2.32. The highest BCUT2D eigenvalue weighted by Gasteiger charge is 2.10. The number of nitrogens with zero attached hydrogens (tertiary/aromatic N) is 1. The van der Waals surface area contributed by atoms with E-state index in [9.17, 15) is 0 Å². The molecule has 0 saturated carbocycles. The number of aryl methyl sites for hydroxylation is 2. The van der Waals surface area contributed by atoms with Gasteiger partial charge in [0.2, 0.25) is 5.88 Å². The quantitative estimate of drug-likeness (QED) is 0.907. The van der Waals surface area contributed by atoms with E-state index in [-0.39, 0.29) is 0 Å². The Labute approximate surface area is 115 Å². The van der Waals surface area contributed by atoms with Crippen LogP contribution in [0, 0.1) is 20.8 Å². The molecule has 0 aliphatic rings. The Bertz CT molecular complexity index is 597. The molecule has 18 heavy (non-hydrogen) atoms. The van der Waals surface area contributed by atoms with E-state index >= 15 is 0 Å². The lowest BCUT2D eigenvalue weighted by atomic mass is 10.1. The van der Waals surface area contributed by atoms with Gasteiger partial charge in [0, 0.05) is 0 Å². The van der Waals surface area contributed by atoms with Gasteiger partial charge in [0.05, 0.1) is 16.4 Å². The monoisotopic (exact) mass is 306 g/mol. The third kappa shape index (κ3) is 2.48. The van der Waals surface area contributed by atoms with E-state index < -0.39 is 0 Å². The molecule has 94 valence electrons. The van der Waals surface area contributed by atoms with Gasteiger partial charge in [0.15, 0.2) is 0 Å². The van der Waals surface area contributed by atoms with Gasteiger partial charge in [-0.25, -0.2) is 4.98 Å². The van der Waals surface area contributed by atoms with Crippen molar-refractivity contribution in [3.8, 4) is 11.6 Å². The number of benzene rings is 1. The van der Waals surface area contributed by atoms with Crippen molar-refractivity contribution in [2.75, 3.05) is 5.73 Å². The molecule has 0 aliphatic carbocycles. The van der Waals surface area contributed by atoms with Gasteiger partial charge in [-0.1, -0.05) is 12.1 Å². The van der Waals surface area contributed by atoms with E-state index in [2.05, 4.69) is 33.9 Å². The van der Waals surface area contributed by atoms with E-state index in [1.807, 2.05) is 19.9 Å². The second kappa shape index (κ2) is 4.98. The van der Waals surface area contributed by atoms with Crippen LogP contribution in [0.25, 0.3) is 0 Å². The lowest BCUT2D eigenvalue weighted by molar-refractivity contribution is 0.452. The van der Waals surface area contributed by atoms with Gasteiger partial charge < -0.3 is 10.5 Å². The summed E-state index contributed by atoms with van der Waals surface area (Å²) in [6.07, 6.45) is 1.58. The fraction of sp³-hybridized carbons (Fsp3) is 0.214. The van der Waals surface area contributed by atoms with Crippen LogP contribution in [0.5, 0.6) is 11.6 Å². The molecule has 0 saturated heterocycles. The van der Waals surface area contributed by atoms with Crippen LogP contribution in [0.1, 0.15) is 16.7 Å². The zero-order valence-electron chi connectivity index (χ0n) is 10.6. The van der Waals surface area contributed by atoms with Crippen LogP contribution in [0.3, 0.4) is 0 Å². The number of rotatable bonds is 2. The number of halogens is 1. The molecule has 3 nitrogen and oxygen atoms in total. The second-order valence-electron chi connectivity index (χ2n) is 4.31. The Morgan fingerprint density at radius 2 is 1.83 bits per heavy atom. The summed E-state index contributed by atoms with van der Waals surface area (Å²) < 4.78 is 6.65. The van der Waals surface area contributed by atoms with E-state index in [1.165, 1.54) is 5.56 Å². The molecule has 0 spiro atoms. The number of aromatic nitrogens is 1. The summed E-state index contributed by atoms with van der Waals surface area (Å²) in [6, 6.07) is 5.91. The molecule has 1 aromatic heterocycles. The van der Waals surface area contributed by atoms with E-state index in [0.717, 1.165) is 21.3 Å². The summed E-state index contributed by atoms with van der Waals surface area (Å²) >= 11 is 3.40. The minimum absolute atomic E-state index is 0.529. The predicted octanol–water partition coefficient (Wildman–Crippen LogP) is 4.14. The van der Waals surface area contributed by atoms with E-state index in [4.69, 9.17) is 10.5 Å². The summed E-state index contributed by atoms with van der Waals surface area (Å²) in [4.78, 5) is 4.19. The zero-order chi connectivity index (χ0) is 13.3. The molecular weight excluding hydrogens is 292 g/mol. The smallest absolute Gasteiger partial charge is 0.233 e. The Morgan fingerprint density at radius 1 is 1.17 bits per heavy atom. The molecule has 0 bridgehead atoms. The number of ether oxygens (including phenoxy) is 1. The summed E-state index contributed by atoms with van der Waals surface area (Å²) in [7, 11) is 0. The van der Waals surface area contributed by atoms with Crippen LogP contribution in [-0.2, 0) is 0 Å². The molecule has 0 amide bonds. The first-order valence-corrected chi connectivity index (χ1v) is 6.44. The maximum atomic E-state index is 5.89. The summed E-state index contributed by atoms with van der Waals surface area (Å²) in [5.74, 6) is 1.38. The maximum absolute atomic E-state index is 5.89. The van der Waals surface area contributed by atoms with Crippen molar-refractivity contribution in [3.63, 3.8) is 0 Å². The highest BCUT2D eigenvalue weighted by Crippen LogP contribution is 2.33. The minimum Gasteiger partial charge on any atom is -0.437 e. The van der Waals surface area contributed by atoms with Crippen LogP contribution in [0.4, 0.5) is 5.69 Å². The van der Waals surface area contributed by atoms with Crippen molar-refractivity contribution in [1.82, 2.24) is 4.98 Å². The Kier molecular flexibility index (Phi) is 3.57. The fourth-order valence-electron chi connectivity index (χ4n) is 1.69. The van der Waals surface area contributed by atoms with Crippen molar-refractivity contribution in [2.45, 2.75) is 20.8 Å². The van der Waals surface area contributed by atoms with Crippen LogP contribution in [0.15, 0.2) is 28.9 Å². The summed E-state index contributed by atoms with van der Waals surface area (Å²) in [5.41, 5.74) is 9.67. The third-order valence-electron chi connectivity index (χ3n) is 2.90. The van der Waals surface area contributed by atoms with Crippen LogP contribution in [-0.4, -0.2) is 4.98 Å². The largest absolute Gasteiger partial charge is 0.437 e. The number of nitrogen functional groups attached to an aromatic ring is 1. The minimum atomic E-state index is 0.529. The molecule has 2 rings (SSSR count). The molecule has 1 heterocycles. The normalized spacial score (nSPS) is 10.4. The Morgan fingerprint density at radius 3 is 2.50 bits per heavy atom. The number of nitrogens with two attached hydrogens (primary N) is 1. The molecule has 4 heteroatoms. The molecule has 2 aromatic rings. The second-order valence-corrected chi connectivity index (χ2v) is 5.17. The first kappa shape index (κ1) is 12.9. The highest BCUT2D eigenvalue weighted by molar-refractivity contribution is 9.10. The van der Waals surface area contributed by atoms with Crippen LogP contribution < -0.4 is 10.5 Å². The zero-order valence-corrected chi connectivity index (χ0v) is 12.2. The van der Waals surface area contributed by atoms with E-state index in [0.29, 0.717) is 11.6 Å². The van der Waals surface area contributed by atoms with Crippen molar-refractivity contribution in [3.05, 3.63) is 45.6 Å². The molecule has 1 aromatic carbocycles. The standard InChI is InChI=1S/C14H15BrN2O/c1-8-4-5-9(2)13(10(8)3)18-14-12(15)6-11(16)7-17-14/h4-7H,16H2,1-3H3. The third-order valence-corrected chi connectivity index (χ3v) is 3.47. The van der Waals surface area contributed by atoms with Gasteiger partial charge in [-0.15, -0.1) is 0 Å². The van der Waals surface area contributed by atoms with Crippen molar-refractivity contribution >= 4 is 21.6 Å². The molecule has 0 radical (unpaired) electrons. The Hall–Kier alpha value is -1.55. The molecular formula is C14H15BrN2O. The topological polar surface area (TPSA) is 48.1 Å². The van der Waals surface area contributed by atoms with Crippen molar-refractivity contribution in [2.24, 2.45) is 0 Å². The van der Waals surface area contributed by atoms with Gasteiger partial charge in [-0.05, 0) is 59.5 Å². The van der Waals surface area contributed by atoms with Gasteiger partial charge in [-0.3, -0.25) is 0 Å². The average molecular weight is 307 g/mol. The first-order valence-electron chi connectivity index (χ1n) is 5.64. The summed E-state index contributed by atoms with van der Waals surface area (Å²) in [5, 5.41) is 0. The molecule has 0 unspecified atom stereocenters. The SMILES string of the molecule is Cc1ccc(C)c(Oc2ncc(N)cc2Br)c1C.